The highest BCUT2D eigenvalue weighted by Gasteiger charge is 2.49. The molecule has 0 radical (unpaired) electrons. The molecule has 1 saturated heterocycles. The molecule has 7 heteroatoms. The highest BCUT2D eigenvalue weighted by molar-refractivity contribution is 5.68. The molecular formula is C11H16O7. The number of carbonyl (C=O) groups is 3. The van der Waals surface area contributed by atoms with E-state index < -0.39 is 42.5 Å². The quantitative estimate of drug-likeness (QED) is 0.527. The first-order valence-corrected chi connectivity index (χ1v) is 5.48. The van der Waals surface area contributed by atoms with Gasteiger partial charge in [-0.3, -0.25) is 14.4 Å². The minimum Gasteiger partial charge on any atom is -0.456 e. The van der Waals surface area contributed by atoms with Crippen LogP contribution in [0.1, 0.15) is 27.7 Å². The van der Waals surface area contributed by atoms with Gasteiger partial charge in [0, 0.05) is 20.8 Å². The van der Waals surface area contributed by atoms with Crippen LogP contribution >= 0.6 is 0 Å². The van der Waals surface area contributed by atoms with Crippen molar-refractivity contribution < 1.29 is 33.3 Å². The average molecular weight is 260 g/mol. The van der Waals surface area contributed by atoms with Gasteiger partial charge >= 0.3 is 17.9 Å². The summed E-state index contributed by atoms with van der Waals surface area (Å²) in [7, 11) is 0. The molecule has 0 aromatic rings. The van der Waals surface area contributed by atoms with Gasteiger partial charge in [-0.15, -0.1) is 0 Å². The topological polar surface area (TPSA) is 88.1 Å². The van der Waals surface area contributed by atoms with Gasteiger partial charge in [0.25, 0.3) is 0 Å². The Hall–Kier alpha value is -1.63. The van der Waals surface area contributed by atoms with E-state index in [1.807, 2.05) is 0 Å². The van der Waals surface area contributed by atoms with Crippen molar-refractivity contribution in [3.05, 3.63) is 0 Å². The van der Waals surface area contributed by atoms with Gasteiger partial charge in [-0.2, -0.15) is 0 Å². The van der Waals surface area contributed by atoms with Crippen LogP contribution in [0.25, 0.3) is 0 Å². The first-order chi connectivity index (χ1) is 8.31. The smallest absolute Gasteiger partial charge is 0.305 e. The predicted molar refractivity (Wildman–Crippen MR) is 57.2 cm³/mol. The van der Waals surface area contributed by atoms with E-state index in [4.69, 9.17) is 18.9 Å². The van der Waals surface area contributed by atoms with E-state index in [1.54, 1.807) is 6.92 Å². The fraction of sp³-hybridized carbons (Fsp3) is 0.727. The van der Waals surface area contributed by atoms with Crippen LogP contribution in [0.5, 0.6) is 0 Å². The molecule has 0 aliphatic carbocycles. The summed E-state index contributed by atoms with van der Waals surface area (Å²) < 4.78 is 20.2. The van der Waals surface area contributed by atoms with E-state index in [1.165, 1.54) is 20.8 Å². The molecule has 1 fully saturated rings. The van der Waals surface area contributed by atoms with Crippen molar-refractivity contribution in [2.75, 3.05) is 0 Å². The fourth-order valence-corrected chi connectivity index (χ4v) is 1.72. The van der Waals surface area contributed by atoms with Gasteiger partial charge in [-0.05, 0) is 6.92 Å². The van der Waals surface area contributed by atoms with Gasteiger partial charge in [-0.25, -0.2) is 0 Å². The highest BCUT2D eigenvalue weighted by atomic mass is 16.7. The molecule has 1 heterocycles. The van der Waals surface area contributed by atoms with Crippen molar-refractivity contribution in [1.82, 2.24) is 0 Å². The van der Waals surface area contributed by atoms with E-state index >= 15 is 0 Å². The van der Waals surface area contributed by atoms with Gasteiger partial charge in [-0.1, -0.05) is 0 Å². The van der Waals surface area contributed by atoms with E-state index in [2.05, 4.69) is 0 Å². The lowest BCUT2D eigenvalue weighted by atomic mass is 10.1. The summed E-state index contributed by atoms with van der Waals surface area (Å²) in [4.78, 5) is 32.9. The second-order valence-electron chi connectivity index (χ2n) is 3.97. The fourth-order valence-electron chi connectivity index (χ4n) is 1.72. The van der Waals surface area contributed by atoms with Crippen molar-refractivity contribution in [3.63, 3.8) is 0 Å². The summed E-state index contributed by atoms with van der Waals surface area (Å²) in [6.07, 6.45) is -3.35. The van der Waals surface area contributed by atoms with Gasteiger partial charge in [0.1, 0.15) is 0 Å². The van der Waals surface area contributed by atoms with Crippen LogP contribution in [-0.4, -0.2) is 42.5 Å². The second kappa shape index (κ2) is 5.81. The van der Waals surface area contributed by atoms with E-state index in [9.17, 15) is 14.4 Å². The molecule has 1 rings (SSSR count). The first-order valence-electron chi connectivity index (χ1n) is 5.48. The van der Waals surface area contributed by atoms with Gasteiger partial charge in [0.2, 0.25) is 12.4 Å². The monoisotopic (exact) mass is 260 g/mol. The molecule has 7 nitrogen and oxygen atoms in total. The Kier molecular flexibility index (Phi) is 4.66. The Morgan fingerprint density at radius 3 is 1.72 bits per heavy atom. The zero-order valence-corrected chi connectivity index (χ0v) is 10.7. The van der Waals surface area contributed by atoms with Crippen LogP contribution in [0.2, 0.25) is 0 Å². The van der Waals surface area contributed by atoms with Crippen molar-refractivity contribution in [2.24, 2.45) is 0 Å². The molecule has 1 unspecified atom stereocenters. The third-order valence-electron chi connectivity index (χ3n) is 2.29. The predicted octanol–water partition coefficient (Wildman–Crippen LogP) is 0.158. The number of hydrogen-bond donors (Lipinski definition) is 0. The van der Waals surface area contributed by atoms with Gasteiger partial charge in [0.15, 0.2) is 6.10 Å². The minimum atomic E-state index is -1.06. The number of ether oxygens (including phenoxy) is 4. The maximum absolute atomic E-state index is 11.0. The Labute approximate surface area is 104 Å². The molecule has 0 amide bonds. The number of rotatable bonds is 3. The third-order valence-corrected chi connectivity index (χ3v) is 2.29. The summed E-state index contributed by atoms with van der Waals surface area (Å²) in [6, 6.07) is 0. The molecule has 0 bridgehead atoms. The molecule has 102 valence electrons. The second-order valence-corrected chi connectivity index (χ2v) is 3.97. The lowest BCUT2D eigenvalue weighted by Crippen LogP contribution is -2.40. The van der Waals surface area contributed by atoms with Gasteiger partial charge < -0.3 is 18.9 Å². The van der Waals surface area contributed by atoms with Gasteiger partial charge in [0.05, 0.1) is 6.10 Å². The lowest BCUT2D eigenvalue weighted by molar-refractivity contribution is -0.194. The molecule has 0 N–H and O–H groups in total. The summed E-state index contributed by atoms with van der Waals surface area (Å²) in [5, 5.41) is 0. The Morgan fingerprint density at radius 1 is 0.833 bits per heavy atom. The zero-order valence-electron chi connectivity index (χ0n) is 10.7. The number of esters is 3. The summed E-state index contributed by atoms with van der Waals surface area (Å²) in [5.41, 5.74) is 0. The highest BCUT2D eigenvalue weighted by Crippen LogP contribution is 2.27. The molecule has 1 aliphatic rings. The van der Waals surface area contributed by atoms with Crippen molar-refractivity contribution in [2.45, 2.75) is 52.3 Å². The van der Waals surface area contributed by atoms with Crippen LogP contribution in [0.3, 0.4) is 0 Å². The largest absolute Gasteiger partial charge is 0.456 e. The van der Waals surface area contributed by atoms with Crippen molar-refractivity contribution >= 4 is 17.9 Å². The Bertz CT molecular complexity index is 351. The molecule has 0 aromatic heterocycles. The van der Waals surface area contributed by atoms with E-state index in [-0.39, 0.29) is 0 Å². The zero-order chi connectivity index (χ0) is 13.9. The van der Waals surface area contributed by atoms with Crippen LogP contribution in [-0.2, 0) is 33.3 Å². The van der Waals surface area contributed by atoms with Crippen LogP contribution < -0.4 is 0 Å². The van der Waals surface area contributed by atoms with Crippen LogP contribution in [0.15, 0.2) is 0 Å². The molecule has 0 aromatic carbocycles. The first kappa shape index (κ1) is 14.4. The molecule has 1 aliphatic heterocycles. The minimum absolute atomic E-state index is 0.531. The summed E-state index contributed by atoms with van der Waals surface area (Å²) >= 11 is 0. The molecule has 0 saturated carbocycles. The molecule has 0 spiro atoms. The van der Waals surface area contributed by atoms with Crippen molar-refractivity contribution in [3.8, 4) is 0 Å². The molecular weight excluding hydrogens is 244 g/mol. The SMILES string of the molecule is CC(=O)OC1O[C@H](C)[C@H](OC(C)=O)[C@@H]1OC(C)=O. The standard InChI is InChI=1S/C11H16O7/c1-5-9(16-6(2)12)10(17-7(3)13)11(15-5)18-8(4)14/h5,9-11H,1-4H3/t5-,9+,10+,11?/m1/s1. The number of hydrogen-bond acceptors (Lipinski definition) is 7. The Balaban J connectivity index is 2.83. The molecule has 18 heavy (non-hydrogen) atoms. The number of carbonyl (C=O) groups excluding carboxylic acids is 3. The maximum Gasteiger partial charge on any atom is 0.305 e. The average Bonchev–Trinajstić information content (AvgIpc) is 2.43. The van der Waals surface area contributed by atoms with E-state index in [0.29, 0.717) is 0 Å². The molecule has 4 atom stereocenters. The maximum atomic E-state index is 11.0. The summed E-state index contributed by atoms with van der Waals surface area (Å²) in [6.45, 7) is 5.28. The van der Waals surface area contributed by atoms with Crippen LogP contribution in [0, 0.1) is 0 Å². The summed E-state index contributed by atoms with van der Waals surface area (Å²) in [5.74, 6) is -1.68. The van der Waals surface area contributed by atoms with Crippen molar-refractivity contribution in [1.29, 1.82) is 0 Å². The lowest BCUT2D eigenvalue weighted by Gasteiger charge is -2.22. The van der Waals surface area contributed by atoms with E-state index in [0.717, 1.165) is 0 Å². The van der Waals surface area contributed by atoms with Crippen LogP contribution in [0.4, 0.5) is 0 Å². The normalized spacial score (nSPS) is 30.7. The third kappa shape index (κ3) is 3.69. The Morgan fingerprint density at radius 2 is 1.28 bits per heavy atom.